The van der Waals surface area contributed by atoms with Crippen LogP contribution in [0.2, 0.25) is 0 Å². The molecule has 0 aliphatic heterocycles. The van der Waals surface area contributed by atoms with E-state index in [0.717, 1.165) is 11.3 Å². The van der Waals surface area contributed by atoms with Crippen molar-refractivity contribution in [1.82, 2.24) is 4.98 Å². The molecule has 2 N–H and O–H groups in total. The van der Waals surface area contributed by atoms with Crippen LogP contribution in [0.15, 0.2) is 53.9 Å². The van der Waals surface area contributed by atoms with E-state index in [1.807, 2.05) is 6.07 Å². The molecule has 7 nitrogen and oxygen atoms in total. The highest BCUT2D eigenvalue weighted by Gasteiger charge is 2.15. The Morgan fingerprint density at radius 2 is 1.81 bits per heavy atom. The molecule has 2 amide bonds. The maximum atomic E-state index is 12.3. The van der Waals surface area contributed by atoms with E-state index < -0.39 is 5.91 Å². The third kappa shape index (κ3) is 4.29. The second kappa shape index (κ2) is 8.12. The molecule has 1 aromatic heterocycles. The van der Waals surface area contributed by atoms with E-state index in [-0.39, 0.29) is 11.6 Å². The van der Waals surface area contributed by atoms with Crippen molar-refractivity contribution >= 4 is 34.0 Å². The van der Waals surface area contributed by atoms with E-state index in [0.29, 0.717) is 27.7 Å². The summed E-state index contributed by atoms with van der Waals surface area (Å²) in [7, 11) is 1.55. The maximum absolute atomic E-state index is 12.3. The van der Waals surface area contributed by atoms with Gasteiger partial charge < -0.3 is 10.1 Å². The van der Waals surface area contributed by atoms with Crippen LogP contribution in [-0.4, -0.2) is 23.9 Å². The average molecular weight is 378 g/mol. The summed E-state index contributed by atoms with van der Waals surface area (Å²) >= 11 is 1.14. The highest BCUT2D eigenvalue weighted by Crippen LogP contribution is 2.20. The van der Waals surface area contributed by atoms with Gasteiger partial charge in [-0.1, -0.05) is 12.1 Å². The number of hydrogen-bond donors (Lipinski definition) is 2. The number of anilines is 2. The SMILES string of the molecule is COc1ccc(C(=O)Nc2nc(C(=O)Nc3ccccc3C#N)cs2)cc1. The van der Waals surface area contributed by atoms with E-state index >= 15 is 0 Å². The van der Waals surface area contributed by atoms with Crippen molar-refractivity contribution in [2.24, 2.45) is 0 Å². The van der Waals surface area contributed by atoms with Crippen LogP contribution in [0.5, 0.6) is 5.75 Å². The molecule has 3 rings (SSSR count). The molecule has 2 aromatic carbocycles. The van der Waals surface area contributed by atoms with Gasteiger partial charge in [0.2, 0.25) is 0 Å². The highest BCUT2D eigenvalue weighted by molar-refractivity contribution is 7.14. The first-order valence-corrected chi connectivity index (χ1v) is 8.70. The van der Waals surface area contributed by atoms with Gasteiger partial charge in [0.25, 0.3) is 11.8 Å². The van der Waals surface area contributed by atoms with Gasteiger partial charge in [-0.15, -0.1) is 11.3 Å². The van der Waals surface area contributed by atoms with E-state index in [4.69, 9.17) is 10.00 Å². The van der Waals surface area contributed by atoms with Gasteiger partial charge >= 0.3 is 0 Å². The van der Waals surface area contributed by atoms with Crippen LogP contribution in [0.4, 0.5) is 10.8 Å². The summed E-state index contributed by atoms with van der Waals surface area (Å²) in [4.78, 5) is 28.7. The Hall–Kier alpha value is -3.70. The van der Waals surface area contributed by atoms with Crippen LogP contribution >= 0.6 is 11.3 Å². The minimum absolute atomic E-state index is 0.151. The van der Waals surface area contributed by atoms with Gasteiger partial charge in [-0.05, 0) is 36.4 Å². The summed E-state index contributed by atoms with van der Waals surface area (Å²) < 4.78 is 5.06. The lowest BCUT2D eigenvalue weighted by molar-refractivity contribution is 0.101. The molecule has 8 heteroatoms. The van der Waals surface area contributed by atoms with Crippen LogP contribution in [0, 0.1) is 11.3 Å². The first kappa shape index (κ1) is 18.1. The van der Waals surface area contributed by atoms with Gasteiger partial charge in [0.15, 0.2) is 5.13 Å². The monoisotopic (exact) mass is 378 g/mol. The number of rotatable bonds is 5. The van der Waals surface area contributed by atoms with Crippen LogP contribution in [-0.2, 0) is 0 Å². The molecule has 0 fully saturated rings. The largest absolute Gasteiger partial charge is 0.497 e. The number of para-hydroxylation sites is 1. The predicted octanol–water partition coefficient (Wildman–Crippen LogP) is 3.53. The Balaban J connectivity index is 1.67. The number of nitrogens with zero attached hydrogens (tertiary/aromatic N) is 2. The molecule has 134 valence electrons. The summed E-state index contributed by atoms with van der Waals surface area (Å²) in [6.45, 7) is 0. The minimum Gasteiger partial charge on any atom is -0.497 e. The molecule has 3 aromatic rings. The summed E-state index contributed by atoms with van der Waals surface area (Å²) in [5.74, 6) is -0.148. The normalized spacial score (nSPS) is 9.93. The Labute approximate surface area is 159 Å². The third-order valence-corrected chi connectivity index (χ3v) is 4.36. The molecular weight excluding hydrogens is 364 g/mol. The number of ether oxygens (including phenoxy) is 1. The van der Waals surface area contributed by atoms with Crippen LogP contribution in [0.25, 0.3) is 0 Å². The van der Waals surface area contributed by atoms with Crippen molar-refractivity contribution < 1.29 is 14.3 Å². The Morgan fingerprint density at radius 1 is 1.07 bits per heavy atom. The fraction of sp³-hybridized carbons (Fsp3) is 0.0526. The molecule has 0 aliphatic carbocycles. The smallest absolute Gasteiger partial charge is 0.275 e. The van der Waals surface area contributed by atoms with E-state index in [9.17, 15) is 9.59 Å². The number of benzene rings is 2. The average Bonchev–Trinajstić information content (AvgIpc) is 3.17. The minimum atomic E-state index is -0.459. The number of carbonyl (C=O) groups excluding carboxylic acids is 2. The van der Waals surface area contributed by atoms with Crippen LogP contribution in [0.3, 0.4) is 0 Å². The standard InChI is InChI=1S/C19H14N4O3S/c1-26-14-8-6-12(7-9-14)17(24)23-19-22-16(11-27-19)18(25)21-15-5-3-2-4-13(15)10-20/h2-9,11H,1H3,(H,21,25)(H,22,23,24). The van der Waals surface area contributed by atoms with Gasteiger partial charge in [0, 0.05) is 10.9 Å². The molecule has 0 spiro atoms. The number of aromatic nitrogens is 1. The molecule has 0 bridgehead atoms. The molecule has 0 radical (unpaired) electrons. The molecule has 0 aliphatic rings. The number of thiazole rings is 1. The van der Waals surface area contributed by atoms with Crippen molar-refractivity contribution in [3.8, 4) is 11.8 Å². The topological polar surface area (TPSA) is 104 Å². The molecular formula is C19H14N4O3S. The quantitative estimate of drug-likeness (QED) is 0.707. The zero-order chi connectivity index (χ0) is 19.2. The van der Waals surface area contributed by atoms with Gasteiger partial charge in [-0.3, -0.25) is 14.9 Å². The first-order chi connectivity index (χ1) is 13.1. The van der Waals surface area contributed by atoms with Crippen molar-refractivity contribution in [3.63, 3.8) is 0 Å². The van der Waals surface area contributed by atoms with E-state index in [1.165, 1.54) is 5.38 Å². The molecule has 27 heavy (non-hydrogen) atoms. The van der Waals surface area contributed by atoms with E-state index in [1.54, 1.807) is 55.6 Å². The number of amides is 2. The Morgan fingerprint density at radius 3 is 2.52 bits per heavy atom. The van der Waals surface area contributed by atoms with Crippen LogP contribution < -0.4 is 15.4 Å². The fourth-order valence-corrected chi connectivity index (χ4v) is 2.91. The maximum Gasteiger partial charge on any atom is 0.275 e. The van der Waals surface area contributed by atoms with Gasteiger partial charge in [-0.25, -0.2) is 4.98 Å². The van der Waals surface area contributed by atoms with E-state index in [2.05, 4.69) is 15.6 Å². The van der Waals surface area contributed by atoms with Crippen LogP contribution in [0.1, 0.15) is 26.4 Å². The lowest BCUT2D eigenvalue weighted by Crippen LogP contribution is -2.14. The van der Waals surface area contributed by atoms with Gasteiger partial charge in [-0.2, -0.15) is 5.26 Å². The Bertz CT molecular complexity index is 1020. The number of nitrogens with one attached hydrogen (secondary N) is 2. The lowest BCUT2D eigenvalue weighted by Gasteiger charge is -2.05. The zero-order valence-electron chi connectivity index (χ0n) is 14.2. The second-order valence-corrected chi connectivity index (χ2v) is 6.19. The summed E-state index contributed by atoms with van der Waals surface area (Å²) in [6, 6.07) is 15.3. The number of nitriles is 1. The summed E-state index contributed by atoms with van der Waals surface area (Å²) in [5.41, 5.74) is 1.36. The number of carbonyl (C=O) groups is 2. The summed E-state index contributed by atoms with van der Waals surface area (Å²) in [6.07, 6.45) is 0. The molecule has 0 saturated heterocycles. The van der Waals surface area contributed by atoms with Crippen molar-refractivity contribution in [1.29, 1.82) is 5.26 Å². The molecule has 0 saturated carbocycles. The predicted molar refractivity (Wildman–Crippen MR) is 102 cm³/mol. The molecule has 1 heterocycles. The third-order valence-electron chi connectivity index (χ3n) is 3.61. The molecule has 0 unspecified atom stereocenters. The second-order valence-electron chi connectivity index (χ2n) is 5.33. The van der Waals surface area contributed by atoms with Gasteiger partial charge in [0.05, 0.1) is 18.4 Å². The Kier molecular flexibility index (Phi) is 5.44. The highest BCUT2D eigenvalue weighted by atomic mass is 32.1. The fourth-order valence-electron chi connectivity index (χ4n) is 2.22. The number of hydrogen-bond acceptors (Lipinski definition) is 6. The van der Waals surface area contributed by atoms with Crippen molar-refractivity contribution in [2.45, 2.75) is 0 Å². The lowest BCUT2D eigenvalue weighted by atomic mass is 10.2. The zero-order valence-corrected chi connectivity index (χ0v) is 15.0. The van der Waals surface area contributed by atoms with Crippen molar-refractivity contribution in [3.05, 3.63) is 70.7 Å². The first-order valence-electron chi connectivity index (χ1n) is 7.82. The van der Waals surface area contributed by atoms with Crippen molar-refractivity contribution in [2.75, 3.05) is 17.7 Å². The summed E-state index contributed by atoms with van der Waals surface area (Å²) in [5, 5.41) is 16.2. The molecule has 0 atom stereocenters. The number of methoxy groups -OCH3 is 1. The van der Waals surface area contributed by atoms with Gasteiger partial charge in [0.1, 0.15) is 17.5 Å².